The Hall–Kier alpha value is -1.21. The quantitative estimate of drug-likeness (QED) is 0.503. The lowest BCUT2D eigenvalue weighted by Crippen LogP contribution is -2.50. The number of fused-ring (bicyclic) bond motifs is 1. The summed E-state index contributed by atoms with van der Waals surface area (Å²) in [6.45, 7) is 0. The second-order valence-electron chi connectivity index (χ2n) is 6.33. The number of nitrogens with zero attached hydrogens (tertiary/aromatic N) is 2. The molecule has 1 fully saturated rings. The van der Waals surface area contributed by atoms with Crippen molar-refractivity contribution in [2.75, 3.05) is 13.4 Å². The van der Waals surface area contributed by atoms with Crippen LogP contribution >= 0.6 is 23.5 Å². The maximum atomic E-state index is 12.6. The molecule has 1 N–H and O–H groups in total. The van der Waals surface area contributed by atoms with Crippen LogP contribution in [0.3, 0.4) is 0 Å². The van der Waals surface area contributed by atoms with E-state index in [-0.39, 0.29) is 11.4 Å². The van der Waals surface area contributed by atoms with E-state index in [0.29, 0.717) is 11.0 Å². The van der Waals surface area contributed by atoms with Crippen LogP contribution < -0.4 is 10.1 Å². The van der Waals surface area contributed by atoms with Crippen LogP contribution in [-0.2, 0) is 11.2 Å². The molecule has 7 heteroatoms. The number of amides is 1. The summed E-state index contributed by atoms with van der Waals surface area (Å²) in [4.78, 5) is 22.5. The lowest BCUT2D eigenvalue weighted by Gasteiger charge is -2.38. The summed E-state index contributed by atoms with van der Waals surface area (Å²) in [7, 11) is 1.65. The molecule has 2 aliphatic heterocycles. The van der Waals surface area contributed by atoms with Gasteiger partial charge in [-0.05, 0) is 31.1 Å². The third-order valence-electron chi connectivity index (χ3n) is 4.89. The number of carbonyl (C=O) groups is 1. The fourth-order valence-corrected chi connectivity index (χ4v) is 5.29. The minimum absolute atomic E-state index is 0.0126. The van der Waals surface area contributed by atoms with Crippen LogP contribution in [0.2, 0.25) is 0 Å². The smallest absolute Gasteiger partial charge is 0.258 e. The van der Waals surface area contributed by atoms with Crippen LogP contribution in [-0.4, -0.2) is 34.8 Å². The van der Waals surface area contributed by atoms with Crippen LogP contribution in [0.1, 0.15) is 37.7 Å². The molecule has 4 rings (SSSR count). The number of hydrogen-bond donors (Lipinski definition) is 1. The molecule has 3 aliphatic rings. The largest absolute Gasteiger partial charge is 0.481 e. The van der Waals surface area contributed by atoms with Gasteiger partial charge in [0, 0.05) is 12.0 Å². The van der Waals surface area contributed by atoms with Crippen LogP contribution in [0.5, 0.6) is 5.88 Å². The summed E-state index contributed by atoms with van der Waals surface area (Å²) >= 11 is 2.96. The zero-order chi connectivity index (χ0) is 16.0. The Kier molecular flexibility index (Phi) is 3.80. The summed E-state index contributed by atoms with van der Waals surface area (Å²) in [5.74, 6) is 0.719. The summed E-state index contributed by atoms with van der Waals surface area (Å²) in [6.07, 6.45) is 8.21. The first kappa shape index (κ1) is 15.3. The van der Waals surface area contributed by atoms with E-state index in [1.54, 1.807) is 7.11 Å². The summed E-state index contributed by atoms with van der Waals surface area (Å²) in [6, 6.07) is 0. The summed E-state index contributed by atoms with van der Waals surface area (Å²) in [5.41, 5.74) is 2.24. The monoisotopic (exact) mass is 349 g/mol. The summed E-state index contributed by atoms with van der Waals surface area (Å²) in [5, 5.41) is 4.82. The molecule has 0 atom stereocenters. The number of methoxy groups -OCH3 is 1. The first-order chi connectivity index (χ1) is 11.1. The second-order valence-corrected chi connectivity index (χ2v) is 8.11. The molecule has 1 aliphatic carbocycles. The fraction of sp³-hybridized carbons (Fsp3) is 0.562. The number of carbonyl (C=O) groups excluding carboxylic acids is 1. The molecule has 0 saturated heterocycles. The molecule has 0 radical (unpaired) electrons. The van der Waals surface area contributed by atoms with Gasteiger partial charge in [0.15, 0.2) is 5.16 Å². The number of hydrogen-bond acceptors (Lipinski definition) is 6. The Morgan fingerprint density at radius 1 is 1.30 bits per heavy atom. The maximum absolute atomic E-state index is 12.6. The first-order valence-electron chi connectivity index (χ1n) is 7.85. The van der Waals surface area contributed by atoms with Crippen LogP contribution in [0.25, 0.3) is 0 Å². The SMILES string of the molecule is COc1nc(SC)nc2c1CC1=C(S2)C(=O)NC2(CCCC2)C1. The van der Waals surface area contributed by atoms with Gasteiger partial charge in [0.25, 0.3) is 5.91 Å². The zero-order valence-electron chi connectivity index (χ0n) is 13.3. The molecular weight excluding hydrogens is 330 g/mol. The molecule has 23 heavy (non-hydrogen) atoms. The lowest BCUT2D eigenvalue weighted by atomic mass is 9.83. The van der Waals surface area contributed by atoms with E-state index >= 15 is 0 Å². The van der Waals surface area contributed by atoms with E-state index in [1.165, 1.54) is 41.9 Å². The highest BCUT2D eigenvalue weighted by molar-refractivity contribution is 8.04. The van der Waals surface area contributed by atoms with Gasteiger partial charge < -0.3 is 10.1 Å². The van der Waals surface area contributed by atoms with Crippen molar-refractivity contribution in [2.24, 2.45) is 0 Å². The molecule has 1 aromatic heterocycles. The molecule has 3 heterocycles. The van der Waals surface area contributed by atoms with E-state index in [0.717, 1.165) is 41.2 Å². The number of thioether (sulfide) groups is 2. The van der Waals surface area contributed by atoms with Gasteiger partial charge in [-0.15, -0.1) is 0 Å². The highest BCUT2D eigenvalue weighted by atomic mass is 32.2. The summed E-state index contributed by atoms with van der Waals surface area (Å²) < 4.78 is 5.48. The van der Waals surface area contributed by atoms with Crippen LogP contribution in [0.15, 0.2) is 20.7 Å². The van der Waals surface area contributed by atoms with E-state index in [1.807, 2.05) is 6.26 Å². The fourth-order valence-electron chi connectivity index (χ4n) is 3.84. The number of aromatic nitrogens is 2. The van der Waals surface area contributed by atoms with Crippen molar-refractivity contribution < 1.29 is 9.53 Å². The predicted molar refractivity (Wildman–Crippen MR) is 90.9 cm³/mol. The Bertz CT molecular complexity index is 712. The molecule has 0 bridgehead atoms. The average molecular weight is 349 g/mol. The molecule has 0 unspecified atom stereocenters. The van der Waals surface area contributed by atoms with E-state index in [2.05, 4.69) is 15.3 Å². The lowest BCUT2D eigenvalue weighted by molar-refractivity contribution is -0.119. The third kappa shape index (κ3) is 2.54. The highest BCUT2D eigenvalue weighted by Crippen LogP contribution is 2.48. The van der Waals surface area contributed by atoms with Crippen molar-refractivity contribution in [2.45, 2.75) is 54.2 Å². The zero-order valence-corrected chi connectivity index (χ0v) is 14.9. The van der Waals surface area contributed by atoms with Gasteiger partial charge in [-0.25, -0.2) is 4.98 Å². The maximum Gasteiger partial charge on any atom is 0.258 e. The molecule has 1 amide bonds. The van der Waals surface area contributed by atoms with Crippen molar-refractivity contribution >= 4 is 29.4 Å². The molecule has 0 aromatic carbocycles. The standard InChI is InChI=1S/C16H19N3O2S2/c1-21-13-10-7-9-8-16(5-3-4-6-16)19-12(20)11(9)23-14(10)18-15(17-13)22-2/h3-8H2,1-2H3,(H,19,20). The van der Waals surface area contributed by atoms with Gasteiger partial charge in [0.05, 0.1) is 17.6 Å². The Morgan fingerprint density at radius 3 is 2.78 bits per heavy atom. The van der Waals surface area contributed by atoms with Gasteiger partial charge in [-0.3, -0.25) is 4.79 Å². The average Bonchev–Trinajstić information content (AvgIpc) is 3.00. The van der Waals surface area contributed by atoms with Crippen molar-refractivity contribution in [1.82, 2.24) is 15.3 Å². The minimum atomic E-state index is -0.0126. The van der Waals surface area contributed by atoms with Crippen molar-refractivity contribution in [3.8, 4) is 5.88 Å². The highest BCUT2D eigenvalue weighted by Gasteiger charge is 2.43. The first-order valence-corrected chi connectivity index (χ1v) is 9.89. The van der Waals surface area contributed by atoms with E-state index in [9.17, 15) is 4.79 Å². The number of rotatable bonds is 2. The van der Waals surface area contributed by atoms with Gasteiger partial charge >= 0.3 is 0 Å². The second kappa shape index (κ2) is 5.70. The number of ether oxygens (including phenoxy) is 1. The van der Waals surface area contributed by atoms with Crippen molar-refractivity contribution in [3.63, 3.8) is 0 Å². The Morgan fingerprint density at radius 2 is 2.09 bits per heavy atom. The van der Waals surface area contributed by atoms with Crippen molar-refractivity contribution in [1.29, 1.82) is 0 Å². The van der Waals surface area contributed by atoms with Gasteiger partial charge in [0.1, 0.15) is 5.03 Å². The Balaban J connectivity index is 1.73. The molecular formula is C16H19N3O2S2. The Labute approximate surface area is 144 Å². The predicted octanol–water partition coefficient (Wildman–Crippen LogP) is 2.94. The molecule has 5 nitrogen and oxygen atoms in total. The van der Waals surface area contributed by atoms with E-state index in [4.69, 9.17) is 4.74 Å². The minimum Gasteiger partial charge on any atom is -0.481 e. The van der Waals surface area contributed by atoms with Crippen molar-refractivity contribution in [3.05, 3.63) is 16.0 Å². The van der Waals surface area contributed by atoms with Gasteiger partial charge in [-0.2, -0.15) is 4.98 Å². The normalized spacial score (nSPS) is 21.9. The topological polar surface area (TPSA) is 64.1 Å². The molecule has 122 valence electrons. The molecule has 1 aromatic rings. The van der Waals surface area contributed by atoms with Gasteiger partial charge in [0.2, 0.25) is 5.88 Å². The van der Waals surface area contributed by atoms with Crippen LogP contribution in [0.4, 0.5) is 0 Å². The van der Waals surface area contributed by atoms with E-state index < -0.39 is 0 Å². The van der Waals surface area contributed by atoms with Crippen LogP contribution in [0, 0.1) is 0 Å². The number of nitrogens with one attached hydrogen (secondary N) is 1. The molecule has 1 spiro atoms. The molecule has 1 saturated carbocycles. The third-order valence-corrected chi connectivity index (χ3v) is 6.65. The van der Waals surface area contributed by atoms with Gasteiger partial charge in [-0.1, -0.05) is 36.4 Å².